The summed E-state index contributed by atoms with van der Waals surface area (Å²) in [4.78, 5) is 23.1. The lowest BCUT2D eigenvalue weighted by molar-refractivity contribution is 0.357. The Balaban J connectivity index is 0.0000000974. The lowest BCUT2D eigenvalue weighted by atomic mass is 10.1. The minimum atomic E-state index is 0.792. The van der Waals surface area contributed by atoms with Gasteiger partial charge in [0.1, 0.15) is 29.0 Å². The summed E-state index contributed by atoms with van der Waals surface area (Å²) in [5.41, 5.74) is 12.2. The molecule has 0 atom stereocenters. The number of nitrogens with zero attached hydrogens (tertiary/aromatic N) is 3. The molecule has 9 rings (SSSR count). The van der Waals surface area contributed by atoms with E-state index in [1.54, 1.807) is 0 Å². The highest BCUT2D eigenvalue weighted by molar-refractivity contribution is 5.82. The maximum Gasteiger partial charge on any atom is 0.124 e. The van der Waals surface area contributed by atoms with Gasteiger partial charge in [-0.05, 0) is 81.0 Å². The molecule has 3 aromatic carbocycles. The molecular weight excluding hydrogens is 488 g/mol. The fraction of sp³-hybridized carbons (Fsp3) is 0.323. The first-order valence-corrected chi connectivity index (χ1v) is 13.7. The zero-order chi connectivity index (χ0) is 26.5. The average molecular weight is 521 g/mol. The predicted molar refractivity (Wildman–Crippen MR) is 153 cm³/mol. The first kappa shape index (κ1) is 23.8. The van der Waals surface area contributed by atoms with Gasteiger partial charge in [-0.25, -0.2) is 15.0 Å². The van der Waals surface area contributed by atoms with Gasteiger partial charge in [-0.2, -0.15) is 0 Å². The maximum absolute atomic E-state index is 5.46. The molecular formula is C31H32N6O2. The molecule has 6 aromatic rings. The van der Waals surface area contributed by atoms with E-state index in [1.165, 1.54) is 52.5 Å². The highest BCUT2D eigenvalue weighted by Gasteiger charge is 2.17. The molecule has 0 unspecified atom stereocenters. The van der Waals surface area contributed by atoms with Gasteiger partial charge in [0.25, 0.3) is 0 Å². The first-order valence-electron chi connectivity index (χ1n) is 13.7. The van der Waals surface area contributed by atoms with Crippen molar-refractivity contribution in [2.45, 2.75) is 52.9 Å². The molecule has 3 aliphatic rings. The molecule has 0 amide bonds. The standard InChI is InChI=1S/C11H12N2.2C10H10N2O/c1-7-12-10-6-5-8-3-2-4-9(8)11(10)13-7;1-6-11-8-4-7-2-3-13-10(7)5-9(8)12-6;1-6-11-8-2-3-9-7(4-5-13-9)10(8)12-6/h5-6H,2-4H2,1H3,(H,12,13);4-5H,2-3H2,1H3,(H,11,12);2-3H,4-5H2,1H3,(H,11,12). The van der Waals surface area contributed by atoms with Crippen molar-refractivity contribution < 1.29 is 9.47 Å². The van der Waals surface area contributed by atoms with E-state index < -0.39 is 0 Å². The molecule has 5 heterocycles. The number of rotatable bonds is 0. The molecule has 3 aromatic heterocycles. The normalized spacial score (nSPS) is 14.7. The molecule has 0 spiro atoms. The van der Waals surface area contributed by atoms with Crippen molar-refractivity contribution in [2.75, 3.05) is 13.2 Å². The van der Waals surface area contributed by atoms with Gasteiger partial charge in [0.15, 0.2) is 0 Å². The Morgan fingerprint density at radius 3 is 2.08 bits per heavy atom. The Morgan fingerprint density at radius 2 is 1.26 bits per heavy atom. The van der Waals surface area contributed by atoms with Gasteiger partial charge < -0.3 is 24.4 Å². The van der Waals surface area contributed by atoms with E-state index in [-0.39, 0.29) is 0 Å². The number of aromatic nitrogens is 6. The van der Waals surface area contributed by atoms with Gasteiger partial charge >= 0.3 is 0 Å². The summed E-state index contributed by atoms with van der Waals surface area (Å²) in [7, 11) is 0. The lowest BCUT2D eigenvalue weighted by Crippen LogP contribution is -1.86. The topological polar surface area (TPSA) is 105 Å². The van der Waals surface area contributed by atoms with E-state index in [1.807, 2.05) is 39.0 Å². The maximum atomic E-state index is 5.46. The van der Waals surface area contributed by atoms with Crippen molar-refractivity contribution in [3.63, 3.8) is 0 Å². The van der Waals surface area contributed by atoms with Crippen molar-refractivity contribution in [3.8, 4) is 11.5 Å². The number of imidazole rings is 3. The second-order valence-electron chi connectivity index (χ2n) is 10.5. The summed E-state index contributed by atoms with van der Waals surface area (Å²) in [6.45, 7) is 7.55. The van der Waals surface area contributed by atoms with Crippen LogP contribution in [0.25, 0.3) is 33.1 Å². The number of hydrogen-bond acceptors (Lipinski definition) is 5. The summed E-state index contributed by atoms with van der Waals surface area (Å²) in [6, 6.07) is 12.6. The second-order valence-corrected chi connectivity index (χ2v) is 10.5. The van der Waals surface area contributed by atoms with E-state index in [9.17, 15) is 0 Å². The quantitative estimate of drug-likeness (QED) is 0.229. The van der Waals surface area contributed by atoms with Gasteiger partial charge in [0, 0.05) is 24.5 Å². The summed E-state index contributed by atoms with van der Waals surface area (Å²) in [6.07, 6.45) is 5.73. The van der Waals surface area contributed by atoms with Crippen molar-refractivity contribution in [1.29, 1.82) is 0 Å². The van der Waals surface area contributed by atoms with Crippen LogP contribution in [0.4, 0.5) is 0 Å². The average Bonchev–Trinajstić information content (AvgIpc) is 3.74. The summed E-state index contributed by atoms with van der Waals surface area (Å²) in [5.74, 6) is 4.95. The van der Waals surface area contributed by atoms with Crippen LogP contribution in [-0.2, 0) is 25.7 Å². The van der Waals surface area contributed by atoms with Crippen LogP contribution in [-0.4, -0.2) is 43.1 Å². The van der Waals surface area contributed by atoms with Crippen molar-refractivity contribution in [3.05, 3.63) is 76.1 Å². The lowest BCUT2D eigenvalue weighted by Gasteiger charge is -1.97. The smallest absolute Gasteiger partial charge is 0.124 e. The third-order valence-corrected chi connectivity index (χ3v) is 7.70. The van der Waals surface area contributed by atoms with E-state index in [2.05, 4.69) is 48.1 Å². The molecule has 39 heavy (non-hydrogen) atoms. The van der Waals surface area contributed by atoms with Gasteiger partial charge in [0.2, 0.25) is 0 Å². The minimum absolute atomic E-state index is 0.792. The van der Waals surface area contributed by atoms with Gasteiger partial charge in [0.05, 0.1) is 46.3 Å². The molecule has 0 radical (unpaired) electrons. The molecule has 0 saturated carbocycles. The van der Waals surface area contributed by atoms with E-state index in [4.69, 9.17) is 9.47 Å². The monoisotopic (exact) mass is 520 g/mol. The summed E-state index contributed by atoms with van der Waals surface area (Å²) < 4.78 is 10.9. The Morgan fingerprint density at radius 1 is 0.590 bits per heavy atom. The SMILES string of the molecule is Cc1nc2c3c(ccc2[nH]1)CCC3.Cc1nc2c3c(ccc2[nH]1)OCC3.Cc1nc2cc3c(cc2[nH]1)CCO3. The number of benzene rings is 3. The molecule has 8 heteroatoms. The number of aromatic amines is 3. The van der Waals surface area contributed by atoms with Crippen LogP contribution in [0.5, 0.6) is 11.5 Å². The van der Waals surface area contributed by atoms with Crippen LogP contribution in [0.1, 0.15) is 46.1 Å². The van der Waals surface area contributed by atoms with Crippen LogP contribution in [0.2, 0.25) is 0 Å². The predicted octanol–water partition coefficient (Wildman–Crippen LogP) is 5.97. The van der Waals surface area contributed by atoms with E-state index in [0.717, 1.165) is 77.1 Å². The Bertz CT molecular complexity index is 1710. The highest BCUT2D eigenvalue weighted by atomic mass is 16.5. The van der Waals surface area contributed by atoms with Gasteiger partial charge in [-0.1, -0.05) is 6.07 Å². The summed E-state index contributed by atoms with van der Waals surface area (Å²) >= 11 is 0. The van der Waals surface area contributed by atoms with Crippen molar-refractivity contribution in [1.82, 2.24) is 29.9 Å². The molecule has 3 N–H and O–H groups in total. The molecule has 0 fully saturated rings. The molecule has 198 valence electrons. The first-order chi connectivity index (χ1) is 19.0. The third kappa shape index (κ3) is 4.39. The Hall–Kier alpha value is -4.33. The number of nitrogens with one attached hydrogen (secondary N) is 3. The largest absolute Gasteiger partial charge is 0.493 e. The van der Waals surface area contributed by atoms with E-state index in [0.29, 0.717) is 0 Å². The molecule has 0 saturated heterocycles. The third-order valence-electron chi connectivity index (χ3n) is 7.70. The zero-order valence-corrected chi connectivity index (χ0v) is 22.6. The fourth-order valence-corrected chi connectivity index (χ4v) is 5.95. The molecule has 0 bridgehead atoms. The fourth-order valence-electron chi connectivity index (χ4n) is 5.95. The zero-order valence-electron chi connectivity index (χ0n) is 22.6. The van der Waals surface area contributed by atoms with Crippen molar-refractivity contribution >= 4 is 33.1 Å². The van der Waals surface area contributed by atoms with Gasteiger partial charge in [-0.3, -0.25) is 0 Å². The van der Waals surface area contributed by atoms with Crippen LogP contribution >= 0.6 is 0 Å². The number of hydrogen-bond donors (Lipinski definition) is 3. The van der Waals surface area contributed by atoms with Crippen LogP contribution in [0.3, 0.4) is 0 Å². The highest BCUT2D eigenvalue weighted by Crippen LogP contribution is 2.31. The molecule has 2 aliphatic heterocycles. The van der Waals surface area contributed by atoms with Gasteiger partial charge in [-0.15, -0.1) is 0 Å². The summed E-state index contributed by atoms with van der Waals surface area (Å²) in [5, 5.41) is 0. The Labute approximate surface area is 226 Å². The number of aryl methyl sites for hydroxylation is 5. The Kier molecular flexibility index (Phi) is 5.76. The second kappa shape index (κ2) is 9.45. The van der Waals surface area contributed by atoms with E-state index >= 15 is 0 Å². The number of ether oxygens (including phenoxy) is 2. The van der Waals surface area contributed by atoms with Crippen LogP contribution < -0.4 is 9.47 Å². The van der Waals surface area contributed by atoms with Crippen molar-refractivity contribution in [2.24, 2.45) is 0 Å². The minimum Gasteiger partial charge on any atom is -0.493 e. The molecule has 8 nitrogen and oxygen atoms in total. The molecule has 1 aliphatic carbocycles. The van der Waals surface area contributed by atoms with Crippen LogP contribution in [0, 0.1) is 20.8 Å². The number of H-pyrrole nitrogens is 3. The number of fused-ring (bicyclic) bond motifs is 8. The van der Waals surface area contributed by atoms with Crippen LogP contribution in [0.15, 0.2) is 36.4 Å².